The Balaban J connectivity index is 1.63. The molecule has 0 fully saturated rings. The van der Waals surface area contributed by atoms with Crippen molar-refractivity contribution >= 4 is 23.8 Å². The molecule has 0 aliphatic carbocycles. The molecule has 0 radical (unpaired) electrons. The standard InChI is InChI=1S/C47H62N2O2/c1-28-17-32(18-29(2)40(28)48-26-34-22-36(44(5,6)7)24-38(42(34)50)46(11,12)13)21-33-19-30(3)41(31(4)20-33)49-27-35-23-37(45(8,9)10)25-39(43(35)51)47(14,15)16/h17-20,22-27,50-51H,21H2,1-16H3. The van der Waals surface area contributed by atoms with Crippen LogP contribution in [0.4, 0.5) is 11.4 Å². The lowest BCUT2D eigenvalue weighted by Gasteiger charge is -2.27. The fourth-order valence-corrected chi connectivity index (χ4v) is 6.73. The number of hydrogen-bond donors (Lipinski definition) is 2. The van der Waals surface area contributed by atoms with Gasteiger partial charge >= 0.3 is 0 Å². The Kier molecular flexibility index (Phi) is 10.9. The van der Waals surface area contributed by atoms with E-state index in [1.807, 2.05) is 12.4 Å². The topological polar surface area (TPSA) is 65.2 Å². The van der Waals surface area contributed by atoms with Gasteiger partial charge in [-0.3, -0.25) is 9.98 Å². The van der Waals surface area contributed by atoms with Crippen molar-refractivity contribution < 1.29 is 10.2 Å². The summed E-state index contributed by atoms with van der Waals surface area (Å²) in [5, 5.41) is 22.6. The zero-order chi connectivity index (χ0) is 38.4. The summed E-state index contributed by atoms with van der Waals surface area (Å²) < 4.78 is 0. The summed E-state index contributed by atoms with van der Waals surface area (Å²) in [6.45, 7) is 34.4. The highest BCUT2D eigenvalue weighted by Gasteiger charge is 2.26. The molecule has 0 amide bonds. The molecular formula is C47H62N2O2. The lowest BCUT2D eigenvalue weighted by molar-refractivity contribution is 0.443. The summed E-state index contributed by atoms with van der Waals surface area (Å²) in [6, 6.07) is 17.3. The number of nitrogens with zero attached hydrogens (tertiary/aromatic N) is 2. The van der Waals surface area contributed by atoms with E-state index in [1.54, 1.807) is 0 Å². The molecule has 0 saturated carbocycles. The molecule has 0 aromatic heterocycles. The number of benzene rings is 4. The molecule has 4 aromatic rings. The number of aromatic hydroxyl groups is 2. The van der Waals surface area contributed by atoms with Crippen LogP contribution in [0.1, 0.15) is 150 Å². The van der Waals surface area contributed by atoms with Crippen LogP contribution < -0.4 is 0 Å². The predicted molar refractivity (Wildman–Crippen MR) is 220 cm³/mol. The Morgan fingerprint density at radius 1 is 0.451 bits per heavy atom. The maximum atomic E-state index is 11.3. The largest absolute Gasteiger partial charge is 0.507 e. The molecule has 4 nitrogen and oxygen atoms in total. The van der Waals surface area contributed by atoms with Crippen molar-refractivity contribution in [2.24, 2.45) is 9.98 Å². The van der Waals surface area contributed by atoms with Crippen LogP contribution in [0.5, 0.6) is 11.5 Å². The maximum Gasteiger partial charge on any atom is 0.128 e. The molecule has 4 heteroatoms. The minimum absolute atomic E-state index is 0.0534. The average molecular weight is 687 g/mol. The van der Waals surface area contributed by atoms with Crippen LogP contribution in [-0.4, -0.2) is 22.6 Å². The fourth-order valence-electron chi connectivity index (χ4n) is 6.73. The number of rotatable bonds is 6. The number of phenols is 2. The molecule has 0 atom stereocenters. The van der Waals surface area contributed by atoms with Gasteiger partial charge in [0.25, 0.3) is 0 Å². The second-order valence-corrected chi connectivity index (χ2v) is 18.8. The summed E-state index contributed by atoms with van der Waals surface area (Å²) in [7, 11) is 0. The minimum atomic E-state index is -0.195. The molecule has 2 N–H and O–H groups in total. The Morgan fingerprint density at radius 3 is 1.00 bits per heavy atom. The third-order valence-electron chi connectivity index (χ3n) is 9.80. The first-order chi connectivity index (χ1) is 23.3. The summed E-state index contributed by atoms with van der Waals surface area (Å²) >= 11 is 0. The highest BCUT2D eigenvalue weighted by Crippen LogP contribution is 2.39. The van der Waals surface area contributed by atoms with Crippen molar-refractivity contribution in [3.05, 3.63) is 115 Å². The van der Waals surface area contributed by atoms with Gasteiger partial charge in [-0.1, -0.05) is 119 Å². The van der Waals surface area contributed by atoms with E-state index >= 15 is 0 Å². The van der Waals surface area contributed by atoms with Crippen molar-refractivity contribution in [2.45, 2.75) is 139 Å². The first kappa shape index (κ1) is 39.6. The zero-order valence-electron chi connectivity index (χ0n) is 34.3. The summed E-state index contributed by atoms with van der Waals surface area (Å²) in [4.78, 5) is 9.88. The van der Waals surface area contributed by atoms with Crippen molar-refractivity contribution in [1.29, 1.82) is 0 Å². The van der Waals surface area contributed by atoms with Crippen LogP contribution in [0.3, 0.4) is 0 Å². The normalized spacial score (nSPS) is 13.2. The van der Waals surface area contributed by atoms with Crippen LogP contribution >= 0.6 is 0 Å². The monoisotopic (exact) mass is 686 g/mol. The van der Waals surface area contributed by atoms with Gasteiger partial charge in [0.15, 0.2) is 0 Å². The molecule has 0 spiro atoms. The fraction of sp³-hybridized carbons (Fsp3) is 0.447. The smallest absolute Gasteiger partial charge is 0.128 e. The van der Waals surface area contributed by atoms with Gasteiger partial charge < -0.3 is 10.2 Å². The van der Waals surface area contributed by atoms with Gasteiger partial charge in [0.2, 0.25) is 0 Å². The Labute approximate surface area is 308 Å². The van der Waals surface area contributed by atoms with Gasteiger partial charge in [-0.05, 0) is 112 Å². The molecule has 0 bridgehead atoms. The van der Waals surface area contributed by atoms with Crippen molar-refractivity contribution in [3.63, 3.8) is 0 Å². The van der Waals surface area contributed by atoms with E-state index in [4.69, 9.17) is 9.98 Å². The lowest BCUT2D eigenvalue weighted by Crippen LogP contribution is -2.17. The summed E-state index contributed by atoms with van der Waals surface area (Å²) in [5.74, 6) is 0.601. The molecule has 0 aliphatic heterocycles. The quantitative estimate of drug-likeness (QED) is 0.198. The van der Waals surface area contributed by atoms with E-state index in [2.05, 4.69) is 159 Å². The van der Waals surface area contributed by atoms with Crippen LogP contribution in [0.25, 0.3) is 0 Å². The lowest BCUT2D eigenvalue weighted by atomic mass is 9.79. The molecule has 0 heterocycles. The molecule has 51 heavy (non-hydrogen) atoms. The molecule has 272 valence electrons. The molecule has 0 saturated heterocycles. The third kappa shape index (κ3) is 9.19. The van der Waals surface area contributed by atoms with Gasteiger partial charge in [-0.25, -0.2) is 0 Å². The Morgan fingerprint density at radius 2 is 0.745 bits per heavy atom. The van der Waals surface area contributed by atoms with E-state index in [0.29, 0.717) is 11.5 Å². The number of hydrogen-bond acceptors (Lipinski definition) is 4. The zero-order valence-corrected chi connectivity index (χ0v) is 34.3. The van der Waals surface area contributed by atoms with Crippen molar-refractivity contribution in [2.75, 3.05) is 0 Å². The molecule has 4 rings (SSSR count). The number of aryl methyl sites for hydroxylation is 4. The van der Waals surface area contributed by atoms with E-state index in [9.17, 15) is 10.2 Å². The van der Waals surface area contributed by atoms with E-state index in [-0.39, 0.29) is 21.7 Å². The maximum absolute atomic E-state index is 11.3. The second kappa shape index (κ2) is 14.1. The molecule has 4 aromatic carbocycles. The highest BCUT2D eigenvalue weighted by molar-refractivity contribution is 5.88. The van der Waals surface area contributed by atoms with E-state index < -0.39 is 0 Å². The highest BCUT2D eigenvalue weighted by atomic mass is 16.3. The molecular weight excluding hydrogens is 625 g/mol. The van der Waals surface area contributed by atoms with Gasteiger partial charge in [0, 0.05) is 34.7 Å². The van der Waals surface area contributed by atoms with Crippen molar-refractivity contribution in [3.8, 4) is 11.5 Å². The van der Waals surface area contributed by atoms with Gasteiger partial charge in [0.1, 0.15) is 11.5 Å². The van der Waals surface area contributed by atoms with Gasteiger partial charge in [-0.15, -0.1) is 0 Å². The molecule has 0 aliphatic rings. The minimum Gasteiger partial charge on any atom is -0.507 e. The number of aliphatic imine (C=N–C) groups is 2. The van der Waals surface area contributed by atoms with E-state index in [1.165, 1.54) is 22.3 Å². The second-order valence-electron chi connectivity index (χ2n) is 18.8. The SMILES string of the molecule is Cc1cc(Cc2cc(C)c(N=Cc3cc(C(C)(C)C)cc(C(C)(C)C)c3O)c(C)c2)cc(C)c1N=Cc1cc(C(C)(C)C)cc(C(C)(C)C)c1O. The Hall–Kier alpha value is -4.18. The van der Waals surface area contributed by atoms with Gasteiger partial charge in [-0.2, -0.15) is 0 Å². The van der Waals surface area contributed by atoms with Crippen LogP contribution in [0, 0.1) is 27.7 Å². The average Bonchev–Trinajstić information content (AvgIpc) is 2.95. The summed E-state index contributed by atoms with van der Waals surface area (Å²) in [5.41, 5.74) is 14.0. The predicted octanol–water partition coefficient (Wildman–Crippen LogP) is 12.6. The first-order valence-electron chi connectivity index (χ1n) is 18.3. The van der Waals surface area contributed by atoms with Crippen molar-refractivity contribution in [1.82, 2.24) is 0 Å². The summed E-state index contributed by atoms with van der Waals surface area (Å²) in [6.07, 6.45) is 4.44. The van der Waals surface area contributed by atoms with Crippen LogP contribution in [0.2, 0.25) is 0 Å². The third-order valence-corrected chi connectivity index (χ3v) is 9.80. The number of phenolic OH excluding ortho intramolecular Hbond substituents is 2. The molecule has 0 unspecified atom stereocenters. The van der Waals surface area contributed by atoms with Gasteiger partial charge in [0.05, 0.1) is 11.4 Å². The first-order valence-corrected chi connectivity index (χ1v) is 18.3. The van der Waals surface area contributed by atoms with Crippen LogP contribution in [0.15, 0.2) is 58.5 Å². The van der Waals surface area contributed by atoms with E-state index in [0.717, 1.165) is 62.3 Å². The van der Waals surface area contributed by atoms with Crippen LogP contribution in [-0.2, 0) is 28.1 Å². The Bertz CT molecular complexity index is 1810.